The molecule has 0 radical (unpaired) electrons. The third-order valence-electron chi connectivity index (χ3n) is 5.19. The minimum atomic E-state index is -0.218. The fraction of sp³-hybridized carbons (Fsp3) is 1.00. The van der Waals surface area contributed by atoms with Crippen LogP contribution in [0, 0.1) is 23.7 Å². The molecule has 5 unspecified atom stereocenters. The normalized spacial score (nSPS) is 55.3. The van der Waals surface area contributed by atoms with E-state index in [-0.39, 0.29) is 5.60 Å². The Morgan fingerprint density at radius 1 is 1.29 bits per heavy atom. The lowest BCUT2D eigenvalue weighted by Crippen LogP contribution is -2.21. The van der Waals surface area contributed by atoms with E-state index < -0.39 is 0 Å². The molecule has 0 aromatic heterocycles. The van der Waals surface area contributed by atoms with Crippen molar-refractivity contribution in [2.24, 2.45) is 23.7 Å². The molecular weight excluding hydrogens is 172 g/mol. The summed E-state index contributed by atoms with van der Waals surface area (Å²) in [6.45, 7) is 2.21. The van der Waals surface area contributed by atoms with Gasteiger partial charge in [-0.25, -0.2) is 0 Å². The average molecular weight is 194 g/mol. The second-order valence-electron chi connectivity index (χ2n) is 6.05. The Kier molecular flexibility index (Phi) is 1.96. The van der Waals surface area contributed by atoms with Gasteiger partial charge in [0.25, 0.3) is 0 Å². The second-order valence-corrected chi connectivity index (χ2v) is 6.05. The van der Waals surface area contributed by atoms with Crippen molar-refractivity contribution in [3.8, 4) is 0 Å². The molecule has 1 N–H and O–H groups in total. The van der Waals surface area contributed by atoms with Crippen LogP contribution < -0.4 is 0 Å². The van der Waals surface area contributed by atoms with Crippen LogP contribution in [0.2, 0.25) is 0 Å². The molecule has 80 valence electrons. The van der Waals surface area contributed by atoms with Crippen molar-refractivity contribution in [2.45, 2.75) is 57.5 Å². The number of rotatable bonds is 3. The van der Waals surface area contributed by atoms with Gasteiger partial charge in [-0.1, -0.05) is 19.8 Å². The fourth-order valence-corrected chi connectivity index (χ4v) is 4.22. The molecule has 1 nitrogen and oxygen atoms in total. The summed E-state index contributed by atoms with van der Waals surface area (Å²) in [5.41, 5.74) is -0.218. The summed E-state index contributed by atoms with van der Waals surface area (Å²) < 4.78 is 0. The molecule has 0 amide bonds. The number of hydrogen-bond donors (Lipinski definition) is 1. The van der Waals surface area contributed by atoms with Gasteiger partial charge in [0.2, 0.25) is 0 Å². The molecule has 0 aliphatic heterocycles. The molecule has 3 aliphatic rings. The van der Waals surface area contributed by atoms with Crippen LogP contribution in [0.3, 0.4) is 0 Å². The van der Waals surface area contributed by atoms with Gasteiger partial charge in [-0.15, -0.1) is 0 Å². The quantitative estimate of drug-likeness (QED) is 0.732. The smallest absolute Gasteiger partial charge is 0.0683 e. The lowest BCUT2D eigenvalue weighted by Gasteiger charge is -2.24. The summed E-state index contributed by atoms with van der Waals surface area (Å²) in [4.78, 5) is 0. The summed E-state index contributed by atoms with van der Waals surface area (Å²) in [6, 6.07) is 0. The Morgan fingerprint density at radius 2 is 2.14 bits per heavy atom. The summed E-state index contributed by atoms with van der Waals surface area (Å²) >= 11 is 0. The van der Waals surface area contributed by atoms with E-state index in [9.17, 15) is 5.11 Å². The maximum Gasteiger partial charge on any atom is 0.0683 e. The van der Waals surface area contributed by atoms with E-state index in [2.05, 4.69) is 6.92 Å². The zero-order valence-corrected chi connectivity index (χ0v) is 9.21. The summed E-state index contributed by atoms with van der Waals surface area (Å²) in [5, 5.41) is 10.3. The SMILES string of the molecule is CCC1CC1(O)CC1CC2CCC1C2. The fourth-order valence-electron chi connectivity index (χ4n) is 4.22. The zero-order chi connectivity index (χ0) is 9.76. The first kappa shape index (κ1) is 9.21. The van der Waals surface area contributed by atoms with E-state index in [1.54, 1.807) is 0 Å². The third kappa shape index (κ3) is 1.32. The molecule has 5 atom stereocenters. The van der Waals surface area contributed by atoms with Gasteiger partial charge in [0, 0.05) is 0 Å². The van der Waals surface area contributed by atoms with E-state index in [0.717, 1.165) is 30.6 Å². The van der Waals surface area contributed by atoms with Crippen LogP contribution in [0.1, 0.15) is 51.9 Å². The highest BCUT2D eigenvalue weighted by Gasteiger charge is 2.54. The van der Waals surface area contributed by atoms with Crippen molar-refractivity contribution in [1.29, 1.82) is 0 Å². The monoisotopic (exact) mass is 194 g/mol. The minimum absolute atomic E-state index is 0.218. The topological polar surface area (TPSA) is 20.2 Å². The molecule has 2 bridgehead atoms. The number of hydrogen-bond acceptors (Lipinski definition) is 1. The molecule has 3 rings (SSSR count). The van der Waals surface area contributed by atoms with Crippen molar-refractivity contribution in [3.63, 3.8) is 0 Å². The first-order valence-corrected chi connectivity index (χ1v) is 6.43. The van der Waals surface area contributed by atoms with Crippen LogP contribution in [0.15, 0.2) is 0 Å². The van der Waals surface area contributed by atoms with Gasteiger partial charge >= 0.3 is 0 Å². The molecule has 14 heavy (non-hydrogen) atoms. The van der Waals surface area contributed by atoms with Crippen LogP contribution in [-0.4, -0.2) is 10.7 Å². The second kappa shape index (κ2) is 2.98. The predicted octanol–water partition coefficient (Wildman–Crippen LogP) is 2.97. The Labute approximate surface area is 86.9 Å². The van der Waals surface area contributed by atoms with Crippen molar-refractivity contribution >= 4 is 0 Å². The van der Waals surface area contributed by atoms with Gasteiger partial charge in [0.15, 0.2) is 0 Å². The van der Waals surface area contributed by atoms with Crippen LogP contribution >= 0.6 is 0 Å². The first-order valence-electron chi connectivity index (χ1n) is 6.43. The molecule has 3 fully saturated rings. The molecule has 0 heterocycles. The largest absolute Gasteiger partial charge is 0.390 e. The minimum Gasteiger partial charge on any atom is -0.390 e. The van der Waals surface area contributed by atoms with Crippen molar-refractivity contribution in [1.82, 2.24) is 0 Å². The van der Waals surface area contributed by atoms with Crippen LogP contribution in [0.4, 0.5) is 0 Å². The highest BCUT2D eigenvalue weighted by Crippen LogP contribution is 2.56. The third-order valence-corrected chi connectivity index (χ3v) is 5.19. The van der Waals surface area contributed by atoms with Gasteiger partial charge in [-0.05, 0) is 55.8 Å². The standard InChI is InChI=1S/C13H22O/c1-2-12-8-13(12,14)7-11-6-9-3-4-10(11)5-9/h9-12,14H,2-8H2,1H3. The molecule has 0 spiro atoms. The van der Waals surface area contributed by atoms with Gasteiger partial charge in [-0.2, -0.15) is 0 Å². The first-order chi connectivity index (χ1) is 6.71. The predicted molar refractivity (Wildman–Crippen MR) is 56.9 cm³/mol. The maximum absolute atomic E-state index is 10.3. The highest BCUT2D eigenvalue weighted by molar-refractivity contribution is 5.05. The molecular formula is C13H22O. The molecule has 1 heteroatoms. The van der Waals surface area contributed by atoms with Gasteiger partial charge in [0.1, 0.15) is 0 Å². The Morgan fingerprint density at radius 3 is 2.64 bits per heavy atom. The van der Waals surface area contributed by atoms with Gasteiger partial charge in [-0.3, -0.25) is 0 Å². The van der Waals surface area contributed by atoms with E-state index in [1.807, 2.05) is 0 Å². The lowest BCUT2D eigenvalue weighted by molar-refractivity contribution is 0.0857. The number of aliphatic hydroxyl groups is 1. The van der Waals surface area contributed by atoms with Crippen molar-refractivity contribution < 1.29 is 5.11 Å². The van der Waals surface area contributed by atoms with Crippen LogP contribution in [0.25, 0.3) is 0 Å². The molecule has 0 aromatic rings. The average Bonchev–Trinajstić information content (AvgIpc) is 2.55. The zero-order valence-electron chi connectivity index (χ0n) is 9.21. The van der Waals surface area contributed by atoms with Gasteiger partial charge < -0.3 is 5.11 Å². The summed E-state index contributed by atoms with van der Waals surface area (Å²) in [7, 11) is 0. The van der Waals surface area contributed by atoms with Gasteiger partial charge in [0.05, 0.1) is 5.60 Å². The van der Waals surface area contributed by atoms with E-state index >= 15 is 0 Å². The highest BCUT2D eigenvalue weighted by atomic mass is 16.3. The summed E-state index contributed by atoms with van der Waals surface area (Å²) in [6.07, 6.45) is 9.27. The van der Waals surface area contributed by atoms with Crippen molar-refractivity contribution in [2.75, 3.05) is 0 Å². The van der Waals surface area contributed by atoms with Crippen LogP contribution in [0.5, 0.6) is 0 Å². The Hall–Kier alpha value is -0.0400. The molecule has 0 saturated heterocycles. The molecule has 3 saturated carbocycles. The summed E-state index contributed by atoms with van der Waals surface area (Å²) in [5.74, 6) is 3.55. The maximum atomic E-state index is 10.3. The molecule has 3 aliphatic carbocycles. The lowest BCUT2D eigenvalue weighted by atomic mass is 9.83. The van der Waals surface area contributed by atoms with E-state index in [4.69, 9.17) is 0 Å². The van der Waals surface area contributed by atoms with Crippen molar-refractivity contribution in [3.05, 3.63) is 0 Å². The Bertz CT molecular complexity index is 237. The van der Waals surface area contributed by atoms with Crippen LogP contribution in [-0.2, 0) is 0 Å². The number of fused-ring (bicyclic) bond motifs is 2. The molecule has 0 aromatic carbocycles. The van der Waals surface area contributed by atoms with E-state index in [0.29, 0.717) is 5.92 Å². The van der Waals surface area contributed by atoms with E-state index in [1.165, 1.54) is 32.1 Å². The Balaban J connectivity index is 1.59.